The molecule has 0 radical (unpaired) electrons. The largest absolute Gasteiger partial charge is 0.497 e. The predicted octanol–water partition coefficient (Wildman–Crippen LogP) is 2.69. The Morgan fingerprint density at radius 3 is 2.89 bits per heavy atom. The summed E-state index contributed by atoms with van der Waals surface area (Å²) < 4.78 is 10.3. The van der Waals surface area contributed by atoms with Crippen molar-refractivity contribution in [3.8, 4) is 5.75 Å². The van der Waals surface area contributed by atoms with Gasteiger partial charge in [0.25, 0.3) is 0 Å². The summed E-state index contributed by atoms with van der Waals surface area (Å²) in [6.45, 7) is 1.60. The Hall–Kier alpha value is -1.81. The average Bonchev–Trinajstić information content (AvgIpc) is 2.43. The molecule has 0 unspecified atom stereocenters. The third-order valence-electron chi connectivity index (χ3n) is 2.79. The first-order valence-electron chi connectivity index (χ1n) is 6.00. The molecule has 0 saturated heterocycles. The van der Waals surface area contributed by atoms with Crippen molar-refractivity contribution in [2.45, 2.75) is 6.42 Å². The Labute approximate surface area is 107 Å². The number of fused-ring (bicyclic) bond motifs is 1. The number of aromatic nitrogens is 1. The summed E-state index contributed by atoms with van der Waals surface area (Å²) in [6.07, 6.45) is 2.77. The van der Waals surface area contributed by atoms with Gasteiger partial charge in [0.1, 0.15) is 11.6 Å². The van der Waals surface area contributed by atoms with Crippen LogP contribution in [0.2, 0.25) is 0 Å². The second-order valence-electron chi connectivity index (χ2n) is 4.02. The first kappa shape index (κ1) is 12.6. The molecule has 2 aromatic rings. The van der Waals surface area contributed by atoms with Crippen molar-refractivity contribution >= 4 is 16.6 Å². The molecule has 0 aliphatic rings. The molecule has 4 heteroatoms. The maximum absolute atomic E-state index is 5.24. The van der Waals surface area contributed by atoms with Gasteiger partial charge in [-0.05, 0) is 30.0 Å². The third kappa shape index (κ3) is 2.90. The fourth-order valence-corrected chi connectivity index (χ4v) is 1.84. The molecule has 0 amide bonds. The summed E-state index contributed by atoms with van der Waals surface area (Å²) in [7, 11) is 3.38. The molecule has 0 spiro atoms. The van der Waals surface area contributed by atoms with E-state index in [2.05, 4.69) is 10.3 Å². The maximum Gasteiger partial charge on any atom is 0.133 e. The molecule has 0 bridgehead atoms. The second kappa shape index (κ2) is 6.21. The van der Waals surface area contributed by atoms with E-state index in [1.165, 1.54) is 0 Å². The molecule has 1 aromatic carbocycles. The topological polar surface area (TPSA) is 43.4 Å². The smallest absolute Gasteiger partial charge is 0.133 e. The Kier molecular flexibility index (Phi) is 4.36. The number of hydrogen-bond donors (Lipinski definition) is 1. The molecule has 1 heterocycles. The summed E-state index contributed by atoms with van der Waals surface area (Å²) in [4.78, 5) is 4.37. The van der Waals surface area contributed by atoms with Crippen LogP contribution < -0.4 is 10.1 Å². The molecule has 4 nitrogen and oxygen atoms in total. The number of methoxy groups -OCH3 is 2. The second-order valence-corrected chi connectivity index (χ2v) is 4.02. The third-order valence-corrected chi connectivity index (χ3v) is 2.79. The normalized spacial score (nSPS) is 10.6. The van der Waals surface area contributed by atoms with E-state index >= 15 is 0 Å². The monoisotopic (exact) mass is 246 g/mol. The zero-order chi connectivity index (χ0) is 12.8. The zero-order valence-electron chi connectivity index (χ0n) is 10.8. The van der Waals surface area contributed by atoms with E-state index in [1.54, 1.807) is 14.2 Å². The van der Waals surface area contributed by atoms with Crippen LogP contribution in [-0.4, -0.2) is 32.4 Å². The number of ether oxygens (including phenoxy) is 2. The minimum atomic E-state index is 0.751. The van der Waals surface area contributed by atoms with Gasteiger partial charge in [0, 0.05) is 31.8 Å². The van der Waals surface area contributed by atoms with Gasteiger partial charge in [-0.3, -0.25) is 0 Å². The Balaban J connectivity index is 2.20. The SMILES string of the molecule is COCCCNc1nccc2ccc(OC)cc12. The minimum absolute atomic E-state index is 0.751. The van der Waals surface area contributed by atoms with Crippen molar-refractivity contribution in [1.29, 1.82) is 0 Å². The lowest BCUT2D eigenvalue weighted by Gasteiger charge is -2.09. The number of benzene rings is 1. The average molecular weight is 246 g/mol. The fourth-order valence-electron chi connectivity index (χ4n) is 1.84. The summed E-state index contributed by atoms with van der Waals surface area (Å²) >= 11 is 0. The molecule has 0 aliphatic heterocycles. The van der Waals surface area contributed by atoms with Crippen molar-refractivity contribution in [3.63, 3.8) is 0 Å². The van der Waals surface area contributed by atoms with Crippen LogP contribution >= 0.6 is 0 Å². The summed E-state index contributed by atoms with van der Waals surface area (Å²) in [5.41, 5.74) is 0. The van der Waals surface area contributed by atoms with Crippen LogP contribution in [0.4, 0.5) is 5.82 Å². The van der Waals surface area contributed by atoms with E-state index in [1.807, 2.05) is 30.5 Å². The summed E-state index contributed by atoms with van der Waals surface area (Å²) in [5, 5.41) is 5.56. The number of hydrogen-bond acceptors (Lipinski definition) is 4. The minimum Gasteiger partial charge on any atom is -0.497 e. The molecule has 0 atom stereocenters. The number of rotatable bonds is 6. The molecule has 0 saturated carbocycles. The Morgan fingerprint density at radius 1 is 1.22 bits per heavy atom. The van der Waals surface area contributed by atoms with Crippen molar-refractivity contribution in [2.24, 2.45) is 0 Å². The Morgan fingerprint density at radius 2 is 2.11 bits per heavy atom. The molecule has 1 aromatic heterocycles. The van der Waals surface area contributed by atoms with Crippen LogP contribution in [0.5, 0.6) is 5.75 Å². The van der Waals surface area contributed by atoms with Crippen LogP contribution in [0.25, 0.3) is 10.8 Å². The highest BCUT2D eigenvalue weighted by atomic mass is 16.5. The van der Waals surface area contributed by atoms with Gasteiger partial charge in [0.2, 0.25) is 0 Å². The molecule has 18 heavy (non-hydrogen) atoms. The molecule has 0 aliphatic carbocycles. The maximum atomic E-state index is 5.24. The quantitative estimate of drug-likeness (QED) is 0.796. The van der Waals surface area contributed by atoms with Gasteiger partial charge < -0.3 is 14.8 Å². The summed E-state index contributed by atoms with van der Waals surface area (Å²) in [6, 6.07) is 7.99. The highest BCUT2D eigenvalue weighted by Gasteiger charge is 2.03. The molecule has 2 rings (SSSR count). The van der Waals surface area contributed by atoms with Crippen LogP contribution in [0.15, 0.2) is 30.5 Å². The van der Waals surface area contributed by atoms with Gasteiger partial charge in [-0.1, -0.05) is 6.07 Å². The summed E-state index contributed by atoms with van der Waals surface area (Å²) in [5.74, 6) is 1.73. The van der Waals surface area contributed by atoms with Crippen molar-refractivity contribution in [2.75, 3.05) is 32.7 Å². The standard InChI is InChI=1S/C14H18N2O2/c1-17-9-3-7-15-14-13-10-12(18-2)5-4-11(13)6-8-16-14/h4-6,8,10H,3,7,9H2,1-2H3,(H,15,16). The van der Waals surface area contributed by atoms with Crippen molar-refractivity contribution in [1.82, 2.24) is 4.98 Å². The van der Waals surface area contributed by atoms with Gasteiger partial charge in [-0.2, -0.15) is 0 Å². The number of pyridine rings is 1. The van der Waals surface area contributed by atoms with Gasteiger partial charge in [0.05, 0.1) is 7.11 Å². The first-order chi connectivity index (χ1) is 8.85. The fraction of sp³-hybridized carbons (Fsp3) is 0.357. The molecular weight excluding hydrogens is 228 g/mol. The van der Waals surface area contributed by atoms with Crippen LogP contribution in [0.3, 0.4) is 0 Å². The highest BCUT2D eigenvalue weighted by molar-refractivity contribution is 5.92. The van der Waals surface area contributed by atoms with Crippen LogP contribution in [0, 0.1) is 0 Å². The van der Waals surface area contributed by atoms with Gasteiger partial charge in [-0.25, -0.2) is 4.98 Å². The zero-order valence-corrected chi connectivity index (χ0v) is 10.8. The van der Waals surface area contributed by atoms with Gasteiger partial charge in [0.15, 0.2) is 0 Å². The number of anilines is 1. The van der Waals surface area contributed by atoms with E-state index in [0.717, 1.165) is 41.9 Å². The van der Waals surface area contributed by atoms with Crippen LogP contribution in [-0.2, 0) is 4.74 Å². The number of nitrogens with zero attached hydrogens (tertiary/aromatic N) is 1. The van der Waals surface area contributed by atoms with E-state index in [0.29, 0.717) is 0 Å². The highest BCUT2D eigenvalue weighted by Crippen LogP contribution is 2.25. The van der Waals surface area contributed by atoms with E-state index in [-0.39, 0.29) is 0 Å². The lowest BCUT2D eigenvalue weighted by atomic mass is 10.1. The van der Waals surface area contributed by atoms with Gasteiger partial charge >= 0.3 is 0 Å². The lowest BCUT2D eigenvalue weighted by Crippen LogP contribution is -2.06. The molecular formula is C14H18N2O2. The molecule has 0 fully saturated rings. The van der Waals surface area contributed by atoms with Crippen LogP contribution in [0.1, 0.15) is 6.42 Å². The predicted molar refractivity (Wildman–Crippen MR) is 73.3 cm³/mol. The lowest BCUT2D eigenvalue weighted by molar-refractivity contribution is 0.198. The van der Waals surface area contributed by atoms with E-state index in [9.17, 15) is 0 Å². The van der Waals surface area contributed by atoms with E-state index < -0.39 is 0 Å². The Bertz CT molecular complexity index is 514. The molecule has 1 N–H and O–H groups in total. The van der Waals surface area contributed by atoms with E-state index in [4.69, 9.17) is 9.47 Å². The first-order valence-corrected chi connectivity index (χ1v) is 6.00. The van der Waals surface area contributed by atoms with Crippen molar-refractivity contribution < 1.29 is 9.47 Å². The van der Waals surface area contributed by atoms with Gasteiger partial charge in [-0.15, -0.1) is 0 Å². The van der Waals surface area contributed by atoms with Crippen molar-refractivity contribution in [3.05, 3.63) is 30.5 Å². The molecule has 96 valence electrons. The number of nitrogens with one attached hydrogen (secondary N) is 1.